The lowest BCUT2D eigenvalue weighted by atomic mass is 10.2. The molecule has 2 N–H and O–H groups in total. The van der Waals surface area contributed by atoms with Crippen molar-refractivity contribution in [3.8, 4) is 0 Å². The molecular formula is C16H12Cl2N2O. The summed E-state index contributed by atoms with van der Waals surface area (Å²) in [6, 6.07) is 14.8. The zero-order valence-corrected chi connectivity index (χ0v) is 12.5. The highest BCUT2D eigenvalue weighted by molar-refractivity contribution is 6.35. The molecule has 0 saturated heterocycles. The van der Waals surface area contributed by atoms with E-state index in [4.69, 9.17) is 23.2 Å². The monoisotopic (exact) mass is 318 g/mol. The molecule has 0 saturated carbocycles. The second kappa shape index (κ2) is 5.80. The quantitative estimate of drug-likeness (QED) is 0.738. The molecule has 0 aliphatic rings. The van der Waals surface area contributed by atoms with E-state index in [1.165, 1.54) is 0 Å². The minimum absolute atomic E-state index is 0.169. The Kier molecular flexibility index (Phi) is 3.86. The van der Waals surface area contributed by atoms with Gasteiger partial charge in [0.15, 0.2) is 0 Å². The van der Waals surface area contributed by atoms with Gasteiger partial charge in [0.1, 0.15) is 5.69 Å². The SMILES string of the molecule is O=C(NCc1ccc(Cl)cc1Cl)c1cc2ccccc2[nH]1. The number of aromatic amines is 1. The van der Waals surface area contributed by atoms with Gasteiger partial charge in [0.05, 0.1) is 0 Å². The van der Waals surface area contributed by atoms with Gasteiger partial charge in [-0.3, -0.25) is 4.79 Å². The number of benzene rings is 2. The molecule has 106 valence electrons. The van der Waals surface area contributed by atoms with Crippen LogP contribution in [-0.4, -0.2) is 10.9 Å². The molecule has 0 aliphatic heterocycles. The van der Waals surface area contributed by atoms with Gasteiger partial charge >= 0.3 is 0 Å². The third kappa shape index (κ3) is 3.04. The lowest BCUT2D eigenvalue weighted by Gasteiger charge is -2.06. The van der Waals surface area contributed by atoms with Crippen molar-refractivity contribution in [3.05, 3.63) is 69.8 Å². The fourth-order valence-corrected chi connectivity index (χ4v) is 2.61. The number of halogens is 2. The van der Waals surface area contributed by atoms with Crippen LogP contribution >= 0.6 is 23.2 Å². The first kappa shape index (κ1) is 14.0. The van der Waals surface area contributed by atoms with Gasteiger partial charge in [-0.1, -0.05) is 47.5 Å². The Balaban J connectivity index is 1.74. The highest BCUT2D eigenvalue weighted by Crippen LogP contribution is 2.21. The van der Waals surface area contributed by atoms with Gasteiger partial charge in [0, 0.05) is 27.5 Å². The molecular weight excluding hydrogens is 307 g/mol. The molecule has 1 amide bonds. The number of amides is 1. The average molecular weight is 319 g/mol. The topological polar surface area (TPSA) is 44.9 Å². The van der Waals surface area contributed by atoms with Crippen LogP contribution in [0.25, 0.3) is 10.9 Å². The molecule has 0 aliphatic carbocycles. The molecule has 1 heterocycles. The molecule has 3 aromatic rings. The van der Waals surface area contributed by atoms with Crippen LogP contribution in [0.4, 0.5) is 0 Å². The number of fused-ring (bicyclic) bond motifs is 1. The fraction of sp³-hybridized carbons (Fsp3) is 0.0625. The maximum absolute atomic E-state index is 12.2. The van der Waals surface area contributed by atoms with E-state index in [-0.39, 0.29) is 5.91 Å². The maximum Gasteiger partial charge on any atom is 0.267 e. The summed E-state index contributed by atoms with van der Waals surface area (Å²) in [5.41, 5.74) is 2.29. The van der Waals surface area contributed by atoms with Crippen molar-refractivity contribution >= 4 is 40.0 Å². The summed E-state index contributed by atoms with van der Waals surface area (Å²) in [7, 11) is 0. The standard InChI is InChI=1S/C16H12Cl2N2O/c17-12-6-5-11(13(18)8-12)9-19-16(21)15-7-10-3-1-2-4-14(10)20-15/h1-8,20H,9H2,(H,19,21). The van der Waals surface area contributed by atoms with Gasteiger partial charge < -0.3 is 10.3 Å². The molecule has 0 spiro atoms. The van der Waals surface area contributed by atoms with Crippen molar-refractivity contribution in [2.24, 2.45) is 0 Å². The highest BCUT2D eigenvalue weighted by atomic mass is 35.5. The summed E-state index contributed by atoms with van der Waals surface area (Å²) in [5.74, 6) is -0.169. The number of nitrogens with one attached hydrogen (secondary N) is 2. The molecule has 2 aromatic carbocycles. The number of hydrogen-bond donors (Lipinski definition) is 2. The summed E-state index contributed by atoms with van der Waals surface area (Å²) in [6.07, 6.45) is 0. The predicted octanol–water partition coefficient (Wildman–Crippen LogP) is 4.40. The van der Waals surface area contributed by atoms with Crippen LogP contribution in [0.3, 0.4) is 0 Å². The predicted molar refractivity (Wildman–Crippen MR) is 85.9 cm³/mol. The van der Waals surface area contributed by atoms with Crippen molar-refractivity contribution in [2.75, 3.05) is 0 Å². The zero-order valence-electron chi connectivity index (χ0n) is 11.0. The third-order valence-corrected chi connectivity index (χ3v) is 3.82. The largest absolute Gasteiger partial charge is 0.351 e. The summed E-state index contributed by atoms with van der Waals surface area (Å²) < 4.78 is 0. The molecule has 0 atom stereocenters. The fourth-order valence-electron chi connectivity index (χ4n) is 2.13. The van der Waals surface area contributed by atoms with Crippen LogP contribution in [0.5, 0.6) is 0 Å². The Morgan fingerprint density at radius 3 is 2.67 bits per heavy atom. The van der Waals surface area contributed by atoms with Gasteiger partial charge in [0.2, 0.25) is 0 Å². The van der Waals surface area contributed by atoms with Crippen LogP contribution in [-0.2, 0) is 6.54 Å². The van der Waals surface area contributed by atoms with E-state index in [9.17, 15) is 4.79 Å². The van der Waals surface area contributed by atoms with E-state index in [2.05, 4.69) is 10.3 Å². The first-order valence-electron chi connectivity index (χ1n) is 6.43. The minimum atomic E-state index is -0.169. The number of para-hydroxylation sites is 1. The molecule has 3 rings (SSSR count). The zero-order chi connectivity index (χ0) is 14.8. The first-order chi connectivity index (χ1) is 10.1. The Hall–Kier alpha value is -1.97. The minimum Gasteiger partial charge on any atom is -0.351 e. The van der Waals surface area contributed by atoms with Crippen molar-refractivity contribution in [3.63, 3.8) is 0 Å². The molecule has 3 nitrogen and oxygen atoms in total. The van der Waals surface area contributed by atoms with Crippen LogP contribution in [0.2, 0.25) is 10.0 Å². The van der Waals surface area contributed by atoms with Crippen LogP contribution in [0.15, 0.2) is 48.5 Å². The lowest BCUT2D eigenvalue weighted by Crippen LogP contribution is -2.23. The van der Waals surface area contributed by atoms with Crippen LogP contribution in [0, 0.1) is 0 Å². The van der Waals surface area contributed by atoms with E-state index >= 15 is 0 Å². The third-order valence-electron chi connectivity index (χ3n) is 3.23. The summed E-state index contributed by atoms with van der Waals surface area (Å²) >= 11 is 11.9. The maximum atomic E-state index is 12.2. The second-order valence-corrected chi connectivity index (χ2v) is 5.53. The van der Waals surface area contributed by atoms with Gasteiger partial charge in [-0.2, -0.15) is 0 Å². The van der Waals surface area contributed by atoms with E-state index in [0.717, 1.165) is 16.5 Å². The van der Waals surface area contributed by atoms with Gasteiger partial charge in [-0.25, -0.2) is 0 Å². The Labute approximate surface area is 131 Å². The van der Waals surface area contributed by atoms with Gasteiger partial charge in [-0.15, -0.1) is 0 Å². The lowest BCUT2D eigenvalue weighted by molar-refractivity contribution is 0.0947. The Morgan fingerprint density at radius 2 is 1.90 bits per heavy atom. The van der Waals surface area contributed by atoms with E-state index in [1.54, 1.807) is 18.2 Å². The van der Waals surface area contributed by atoms with E-state index < -0.39 is 0 Å². The van der Waals surface area contributed by atoms with Gasteiger partial charge in [0.25, 0.3) is 5.91 Å². The van der Waals surface area contributed by atoms with Crippen LogP contribution in [0.1, 0.15) is 16.1 Å². The molecule has 21 heavy (non-hydrogen) atoms. The molecule has 0 fully saturated rings. The van der Waals surface area contributed by atoms with E-state index in [0.29, 0.717) is 22.3 Å². The van der Waals surface area contributed by atoms with Gasteiger partial charge in [-0.05, 0) is 29.8 Å². The smallest absolute Gasteiger partial charge is 0.267 e. The number of H-pyrrole nitrogens is 1. The molecule has 5 heteroatoms. The molecule has 0 radical (unpaired) electrons. The van der Waals surface area contributed by atoms with Crippen molar-refractivity contribution < 1.29 is 4.79 Å². The average Bonchev–Trinajstić information content (AvgIpc) is 2.90. The molecule has 1 aromatic heterocycles. The van der Waals surface area contributed by atoms with Crippen molar-refractivity contribution in [1.29, 1.82) is 0 Å². The second-order valence-electron chi connectivity index (χ2n) is 4.69. The number of carbonyl (C=O) groups is 1. The number of rotatable bonds is 3. The number of aromatic nitrogens is 1. The highest BCUT2D eigenvalue weighted by Gasteiger charge is 2.10. The summed E-state index contributed by atoms with van der Waals surface area (Å²) in [6.45, 7) is 0.351. The summed E-state index contributed by atoms with van der Waals surface area (Å²) in [4.78, 5) is 15.2. The molecule has 0 bridgehead atoms. The molecule has 0 unspecified atom stereocenters. The summed E-state index contributed by atoms with van der Waals surface area (Å²) in [5, 5.41) is 4.96. The number of hydrogen-bond acceptors (Lipinski definition) is 1. The number of carbonyl (C=O) groups excluding carboxylic acids is 1. The first-order valence-corrected chi connectivity index (χ1v) is 7.19. The Bertz CT molecular complexity index is 778. The van der Waals surface area contributed by atoms with Crippen LogP contribution < -0.4 is 5.32 Å². The normalized spacial score (nSPS) is 10.8. The van der Waals surface area contributed by atoms with Crippen molar-refractivity contribution in [1.82, 2.24) is 10.3 Å². The van der Waals surface area contributed by atoms with Crippen molar-refractivity contribution in [2.45, 2.75) is 6.54 Å². The Morgan fingerprint density at radius 1 is 1.10 bits per heavy atom. The van der Waals surface area contributed by atoms with E-state index in [1.807, 2.05) is 30.3 Å².